The molecule has 0 aliphatic carbocycles. The molecule has 0 bridgehead atoms. The highest BCUT2D eigenvalue weighted by molar-refractivity contribution is 7.71. The molecule has 0 aromatic carbocycles. The van der Waals surface area contributed by atoms with E-state index in [1.807, 2.05) is 20.8 Å². The largest absolute Gasteiger partial charge is 0.459 e. The molecule has 0 saturated heterocycles. The number of esters is 1. The molecule has 0 amide bonds. The van der Waals surface area contributed by atoms with E-state index in [9.17, 15) is 4.79 Å². The predicted octanol–water partition coefficient (Wildman–Crippen LogP) is 3.23. The molecule has 17 heavy (non-hydrogen) atoms. The van der Waals surface area contributed by atoms with E-state index in [-0.39, 0.29) is 12.1 Å². The van der Waals surface area contributed by atoms with Gasteiger partial charge in [-0.25, -0.2) is 9.78 Å². The molecule has 0 saturated carbocycles. The number of carbonyl (C=O) groups excluding carboxylic acids is 1. The van der Waals surface area contributed by atoms with Crippen molar-refractivity contribution in [3.63, 3.8) is 0 Å². The van der Waals surface area contributed by atoms with E-state index in [1.54, 1.807) is 0 Å². The van der Waals surface area contributed by atoms with Gasteiger partial charge in [-0.1, -0.05) is 12.2 Å². The summed E-state index contributed by atoms with van der Waals surface area (Å²) in [5.41, 5.74) is 0.838. The van der Waals surface area contributed by atoms with Crippen LogP contribution in [0.2, 0.25) is 0 Å². The van der Waals surface area contributed by atoms with Crippen molar-refractivity contribution < 1.29 is 9.53 Å². The fourth-order valence-corrected chi connectivity index (χ4v) is 2.95. The molecular formula is C11H12N2O2S2. The van der Waals surface area contributed by atoms with E-state index in [2.05, 4.69) is 9.97 Å². The topological polar surface area (TPSA) is 55.0 Å². The summed E-state index contributed by atoms with van der Waals surface area (Å²) >= 11 is 6.50. The number of ether oxygens (including phenoxy) is 1. The Morgan fingerprint density at radius 3 is 2.88 bits per heavy atom. The number of aromatic nitrogens is 2. The fourth-order valence-electron chi connectivity index (χ4n) is 1.54. The van der Waals surface area contributed by atoms with Gasteiger partial charge in [-0.2, -0.15) is 0 Å². The quantitative estimate of drug-likeness (QED) is 0.671. The lowest BCUT2D eigenvalue weighted by Crippen LogP contribution is -2.11. The third kappa shape index (κ3) is 2.23. The summed E-state index contributed by atoms with van der Waals surface area (Å²) in [6.45, 7) is 5.51. The molecule has 0 aliphatic rings. The number of aromatic amines is 1. The maximum Gasteiger partial charge on any atom is 0.348 e. The number of fused-ring (bicyclic) bond motifs is 1. The lowest BCUT2D eigenvalue weighted by atomic mass is 10.2. The lowest BCUT2D eigenvalue weighted by molar-refractivity contribution is 0.0383. The third-order valence-electron chi connectivity index (χ3n) is 2.26. The van der Waals surface area contributed by atoms with E-state index in [1.165, 1.54) is 17.7 Å². The van der Waals surface area contributed by atoms with Gasteiger partial charge in [0.25, 0.3) is 0 Å². The van der Waals surface area contributed by atoms with Gasteiger partial charge in [-0.15, -0.1) is 11.3 Å². The first-order valence-electron chi connectivity index (χ1n) is 5.18. The summed E-state index contributed by atoms with van der Waals surface area (Å²) in [5, 5.41) is 0.836. The zero-order chi connectivity index (χ0) is 12.6. The van der Waals surface area contributed by atoms with Crippen LogP contribution in [0.4, 0.5) is 0 Å². The maximum absolute atomic E-state index is 11.9. The van der Waals surface area contributed by atoms with Gasteiger partial charge in [0, 0.05) is 5.39 Å². The summed E-state index contributed by atoms with van der Waals surface area (Å²) in [5.74, 6) is -0.310. The van der Waals surface area contributed by atoms with Crippen molar-refractivity contribution in [2.45, 2.75) is 26.9 Å². The summed E-state index contributed by atoms with van der Waals surface area (Å²) in [6.07, 6.45) is 1.41. The van der Waals surface area contributed by atoms with E-state index >= 15 is 0 Å². The summed E-state index contributed by atoms with van der Waals surface area (Å²) < 4.78 is 5.79. The molecule has 0 fully saturated rings. The Morgan fingerprint density at radius 1 is 1.59 bits per heavy atom. The van der Waals surface area contributed by atoms with Crippen LogP contribution in [0, 0.1) is 11.6 Å². The number of rotatable bonds is 2. The smallest absolute Gasteiger partial charge is 0.348 e. The molecule has 2 aromatic rings. The van der Waals surface area contributed by atoms with Crippen LogP contribution in [-0.2, 0) is 4.74 Å². The van der Waals surface area contributed by atoms with Crippen molar-refractivity contribution in [1.29, 1.82) is 0 Å². The van der Waals surface area contributed by atoms with Gasteiger partial charge in [0.15, 0.2) is 0 Å². The van der Waals surface area contributed by atoms with E-state index < -0.39 is 0 Å². The van der Waals surface area contributed by atoms with Crippen molar-refractivity contribution in [3.8, 4) is 0 Å². The van der Waals surface area contributed by atoms with E-state index in [4.69, 9.17) is 17.0 Å². The third-order valence-corrected chi connectivity index (χ3v) is 3.76. The average Bonchev–Trinajstić information content (AvgIpc) is 2.56. The van der Waals surface area contributed by atoms with Gasteiger partial charge < -0.3 is 9.72 Å². The Hall–Kier alpha value is -1.27. The van der Waals surface area contributed by atoms with Gasteiger partial charge in [-0.3, -0.25) is 0 Å². The van der Waals surface area contributed by atoms with Crippen molar-refractivity contribution >= 4 is 39.7 Å². The number of H-pyrrole nitrogens is 1. The minimum Gasteiger partial charge on any atom is -0.459 e. The minimum atomic E-state index is -0.310. The number of thiophene rings is 1. The first-order chi connectivity index (χ1) is 8.00. The van der Waals surface area contributed by atoms with Crippen LogP contribution in [0.3, 0.4) is 0 Å². The molecule has 0 spiro atoms. The molecule has 0 aliphatic heterocycles. The molecule has 0 unspecified atom stereocenters. The fraction of sp³-hybridized carbons (Fsp3) is 0.364. The molecule has 90 valence electrons. The number of aryl methyl sites for hydroxylation is 1. The highest BCUT2D eigenvalue weighted by Gasteiger charge is 2.19. The number of nitrogens with zero attached hydrogens (tertiary/aromatic N) is 1. The van der Waals surface area contributed by atoms with Crippen LogP contribution < -0.4 is 0 Å². The highest BCUT2D eigenvalue weighted by Crippen LogP contribution is 2.30. The van der Waals surface area contributed by atoms with Gasteiger partial charge in [0.2, 0.25) is 0 Å². The van der Waals surface area contributed by atoms with Crippen molar-refractivity contribution in [3.05, 3.63) is 21.4 Å². The second kappa shape index (κ2) is 4.54. The van der Waals surface area contributed by atoms with Crippen LogP contribution in [0.1, 0.15) is 29.1 Å². The normalized spacial score (nSPS) is 11.1. The zero-order valence-corrected chi connectivity index (χ0v) is 11.4. The van der Waals surface area contributed by atoms with Crippen molar-refractivity contribution in [2.75, 3.05) is 0 Å². The standard InChI is InChI=1S/C11H12N2O2S2/c1-5(2)15-11(14)8-6(3)7-9(16)12-4-13-10(7)17-8/h4-5H,1-3H3,(H,12,13,16). The molecule has 2 aromatic heterocycles. The second-order valence-electron chi connectivity index (χ2n) is 3.92. The van der Waals surface area contributed by atoms with Gasteiger partial charge in [0.1, 0.15) is 14.3 Å². The summed E-state index contributed by atoms with van der Waals surface area (Å²) in [7, 11) is 0. The molecule has 1 N–H and O–H groups in total. The summed E-state index contributed by atoms with van der Waals surface area (Å²) in [6, 6.07) is 0. The second-order valence-corrected chi connectivity index (χ2v) is 5.33. The number of nitrogens with one attached hydrogen (secondary N) is 1. The first kappa shape index (κ1) is 12.2. The molecule has 4 nitrogen and oxygen atoms in total. The Morgan fingerprint density at radius 2 is 2.29 bits per heavy atom. The highest BCUT2D eigenvalue weighted by atomic mass is 32.1. The van der Waals surface area contributed by atoms with Gasteiger partial charge in [0.05, 0.1) is 12.4 Å². The monoisotopic (exact) mass is 268 g/mol. The molecule has 0 atom stereocenters. The molecular weight excluding hydrogens is 256 g/mol. The van der Waals surface area contributed by atoms with E-state index in [0.29, 0.717) is 9.52 Å². The molecule has 2 heterocycles. The van der Waals surface area contributed by atoms with Crippen LogP contribution in [0.25, 0.3) is 10.2 Å². The van der Waals surface area contributed by atoms with Crippen molar-refractivity contribution in [1.82, 2.24) is 9.97 Å². The Kier molecular flexibility index (Phi) is 3.26. The van der Waals surface area contributed by atoms with Gasteiger partial charge >= 0.3 is 5.97 Å². The Balaban J connectivity index is 2.57. The predicted molar refractivity (Wildman–Crippen MR) is 70.1 cm³/mol. The maximum atomic E-state index is 11.9. The van der Waals surface area contributed by atoms with Gasteiger partial charge in [-0.05, 0) is 26.3 Å². The summed E-state index contributed by atoms with van der Waals surface area (Å²) in [4.78, 5) is 20.3. The molecule has 6 heteroatoms. The first-order valence-corrected chi connectivity index (χ1v) is 6.41. The minimum absolute atomic E-state index is 0.130. The molecule has 0 radical (unpaired) electrons. The average molecular weight is 268 g/mol. The van der Waals surface area contributed by atoms with Crippen LogP contribution in [0.15, 0.2) is 6.33 Å². The molecule has 2 rings (SSSR count). The van der Waals surface area contributed by atoms with Crippen LogP contribution in [0.5, 0.6) is 0 Å². The number of carbonyl (C=O) groups is 1. The van der Waals surface area contributed by atoms with Crippen molar-refractivity contribution in [2.24, 2.45) is 0 Å². The SMILES string of the molecule is Cc1c(C(=O)OC(C)C)sc2nc[nH]c(=S)c12. The Labute approximate surface area is 108 Å². The Bertz CT molecular complexity index is 628. The number of hydrogen-bond donors (Lipinski definition) is 1. The van der Waals surface area contributed by atoms with Crippen LogP contribution in [-0.4, -0.2) is 22.0 Å². The van der Waals surface area contributed by atoms with Crippen LogP contribution >= 0.6 is 23.6 Å². The zero-order valence-electron chi connectivity index (χ0n) is 9.73. The number of hydrogen-bond acceptors (Lipinski definition) is 5. The lowest BCUT2D eigenvalue weighted by Gasteiger charge is -2.06. The van der Waals surface area contributed by atoms with E-state index in [0.717, 1.165) is 15.8 Å².